The van der Waals surface area contributed by atoms with Gasteiger partial charge in [-0.2, -0.15) is 0 Å². The number of aliphatic hydroxyl groups excluding tert-OH is 1. The van der Waals surface area contributed by atoms with Crippen molar-refractivity contribution < 1.29 is 33.8 Å². The van der Waals surface area contributed by atoms with Crippen LogP contribution in [0.15, 0.2) is 11.3 Å². The minimum atomic E-state index is -1.57. The maximum atomic E-state index is 12.2. The summed E-state index contributed by atoms with van der Waals surface area (Å²) in [6, 6.07) is 0. The van der Waals surface area contributed by atoms with Crippen LogP contribution < -0.4 is 0 Å². The van der Waals surface area contributed by atoms with Crippen LogP contribution in [0.25, 0.3) is 0 Å². The molecule has 1 unspecified atom stereocenters. The predicted octanol–water partition coefficient (Wildman–Crippen LogP) is -0.418. The summed E-state index contributed by atoms with van der Waals surface area (Å²) in [7, 11) is 1.38. The van der Waals surface area contributed by atoms with Gasteiger partial charge in [-0.25, -0.2) is 4.79 Å². The van der Waals surface area contributed by atoms with E-state index in [9.17, 15) is 24.3 Å². The molecule has 2 amide bonds. The predicted molar refractivity (Wildman–Crippen MR) is 69.1 cm³/mol. The first kappa shape index (κ1) is 16.8. The fourth-order valence-corrected chi connectivity index (χ4v) is 1.92. The lowest BCUT2D eigenvalue weighted by Gasteiger charge is -2.29. The fourth-order valence-electron chi connectivity index (χ4n) is 1.92. The number of amides is 2. The van der Waals surface area contributed by atoms with Gasteiger partial charge in [0, 0.05) is 7.11 Å². The Morgan fingerprint density at radius 2 is 1.95 bits per heavy atom. The third-order valence-electron chi connectivity index (χ3n) is 2.91. The average Bonchev–Trinajstić information content (AvgIpc) is 2.38. The van der Waals surface area contributed by atoms with Crippen LogP contribution in [0.3, 0.4) is 0 Å². The van der Waals surface area contributed by atoms with E-state index >= 15 is 0 Å². The first-order valence-electron chi connectivity index (χ1n) is 6.32. The van der Waals surface area contributed by atoms with E-state index in [1.807, 2.05) is 0 Å². The lowest BCUT2D eigenvalue weighted by molar-refractivity contribution is -0.152. The minimum Gasteiger partial charge on any atom is -0.510 e. The highest BCUT2D eigenvalue weighted by molar-refractivity contribution is 6.25. The first-order valence-corrected chi connectivity index (χ1v) is 6.32. The number of aliphatic hydroxyl groups is 1. The van der Waals surface area contributed by atoms with Gasteiger partial charge in [0.1, 0.15) is 11.5 Å². The lowest BCUT2D eigenvalue weighted by Crippen LogP contribution is -2.51. The molecule has 1 N–H and O–H groups in total. The first-order chi connectivity index (χ1) is 9.86. The molecule has 0 saturated carbocycles. The number of carbonyl (C=O) groups is 4. The van der Waals surface area contributed by atoms with Gasteiger partial charge in [-0.1, -0.05) is 0 Å². The van der Waals surface area contributed by atoms with Gasteiger partial charge >= 0.3 is 5.97 Å². The van der Waals surface area contributed by atoms with Crippen molar-refractivity contribution in [2.75, 3.05) is 26.9 Å². The highest BCUT2D eigenvalue weighted by Gasteiger charge is 2.46. The number of hydrogen-bond acceptors (Lipinski definition) is 7. The van der Waals surface area contributed by atoms with Crippen LogP contribution >= 0.6 is 0 Å². The number of ether oxygens (including phenoxy) is 2. The molecule has 0 radical (unpaired) electrons. The van der Waals surface area contributed by atoms with E-state index in [-0.39, 0.29) is 19.8 Å². The number of carbonyl (C=O) groups excluding carboxylic acids is 4. The number of hydrogen-bond donors (Lipinski definition) is 1. The van der Waals surface area contributed by atoms with Crippen LogP contribution in [-0.2, 0) is 28.7 Å². The molecular formula is C13H17NO7. The quantitative estimate of drug-likeness (QED) is 0.307. The van der Waals surface area contributed by atoms with Crippen molar-refractivity contribution in [1.29, 1.82) is 0 Å². The zero-order valence-electron chi connectivity index (χ0n) is 12.0. The molecule has 1 rings (SSSR count). The Kier molecular flexibility index (Phi) is 5.60. The second kappa shape index (κ2) is 6.98. The third kappa shape index (κ3) is 3.27. The number of Topliss-reactive ketones (excluding diaryl/α,β-unsaturated/α-hetero) is 1. The number of methoxy groups -OCH3 is 1. The van der Waals surface area contributed by atoms with Crippen molar-refractivity contribution in [2.45, 2.75) is 13.8 Å². The van der Waals surface area contributed by atoms with Crippen molar-refractivity contribution in [2.24, 2.45) is 5.92 Å². The summed E-state index contributed by atoms with van der Waals surface area (Å²) < 4.78 is 9.46. The van der Waals surface area contributed by atoms with Gasteiger partial charge in [0.15, 0.2) is 11.5 Å². The Balaban J connectivity index is 3.29. The molecular weight excluding hydrogens is 282 g/mol. The third-order valence-corrected chi connectivity index (χ3v) is 2.91. The molecule has 116 valence electrons. The molecule has 0 spiro atoms. The maximum Gasteiger partial charge on any atom is 0.347 e. The fraction of sp³-hybridized carbons (Fsp3) is 0.538. The van der Waals surface area contributed by atoms with Crippen LogP contribution in [0.5, 0.6) is 0 Å². The standard InChI is InChI=1S/C13H17NO7/c1-4-21-13(19)9-10(16)8(7(2)15)11(17)14(12(9)18)5-6-20-3/h8,16H,4-6H2,1-3H3. The van der Waals surface area contributed by atoms with Crippen molar-refractivity contribution in [3.05, 3.63) is 11.3 Å². The molecule has 8 nitrogen and oxygen atoms in total. The van der Waals surface area contributed by atoms with E-state index in [4.69, 9.17) is 4.74 Å². The minimum absolute atomic E-state index is 0.0142. The summed E-state index contributed by atoms with van der Waals surface area (Å²) in [4.78, 5) is 48.3. The van der Waals surface area contributed by atoms with Crippen LogP contribution in [0.2, 0.25) is 0 Å². The molecule has 0 aliphatic carbocycles. The second-order valence-corrected chi connectivity index (χ2v) is 4.31. The van der Waals surface area contributed by atoms with Crippen LogP contribution in [0, 0.1) is 5.92 Å². The Bertz CT molecular complexity index is 509. The molecule has 1 heterocycles. The van der Waals surface area contributed by atoms with Gasteiger partial charge in [0.05, 0.1) is 19.8 Å². The number of imide groups is 1. The molecule has 0 aromatic rings. The summed E-state index contributed by atoms with van der Waals surface area (Å²) in [5.41, 5.74) is -0.687. The second-order valence-electron chi connectivity index (χ2n) is 4.31. The zero-order valence-corrected chi connectivity index (χ0v) is 12.0. The van der Waals surface area contributed by atoms with Gasteiger partial charge in [0.25, 0.3) is 5.91 Å². The van der Waals surface area contributed by atoms with E-state index in [2.05, 4.69) is 4.74 Å². The highest BCUT2D eigenvalue weighted by atomic mass is 16.5. The van der Waals surface area contributed by atoms with Crippen LogP contribution in [0.4, 0.5) is 0 Å². The Morgan fingerprint density at radius 3 is 2.43 bits per heavy atom. The van der Waals surface area contributed by atoms with Crippen molar-refractivity contribution in [3.8, 4) is 0 Å². The monoisotopic (exact) mass is 299 g/mol. The highest BCUT2D eigenvalue weighted by Crippen LogP contribution is 2.25. The van der Waals surface area contributed by atoms with E-state index in [1.165, 1.54) is 14.0 Å². The van der Waals surface area contributed by atoms with Crippen molar-refractivity contribution >= 4 is 23.6 Å². The smallest absolute Gasteiger partial charge is 0.347 e. The normalized spacial score (nSPS) is 19.0. The molecule has 0 bridgehead atoms. The molecule has 0 fully saturated rings. The molecule has 8 heteroatoms. The maximum absolute atomic E-state index is 12.2. The number of ketones is 1. The van der Waals surface area contributed by atoms with Gasteiger partial charge in [-0.05, 0) is 13.8 Å². The molecule has 21 heavy (non-hydrogen) atoms. The molecule has 1 aliphatic rings. The van der Waals surface area contributed by atoms with Gasteiger partial charge < -0.3 is 14.6 Å². The summed E-state index contributed by atoms with van der Waals surface area (Å²) in [6.07, 6.45) is 0. The van der Waals surface area contributed by atoms with Gasteiger partial charge in [-0.3, -0.25) is 19.3 Å². The van der Waals surface area contributed by atoms with E-state index in [1.54, 1.807) is 0 Å². The van der Waals surface area contributed by atoms with Crippen molar-refractivity contribution in [3.63, 3.8) is 0 Å². The van der Waals surface area contributed by atoms with Gasteiger partial charge in [-0.15, -0.1) is 0 Å². The largest absolute Gasteiger partial charge is 0.510 e. The Morgan fingerprint density at radius 1 is 1.33 bits per heavy atom. The van der Waals surface area contributed by atoms with Gasteiger partial charge in [0.2, 0.25) is 5.91 Å². The molecule has 0 aromatic heterocycles. The topological polar surface area (TPSA) is 110 Å². The Labute approximate surface area is 121 Å². The molecule has 0 aromatic carbocycles. The van der Waals surface area contributed by atoms with Crippen LogP contribution in [-0.4, -0.2) is 60.4 Å². The Hall–Kier alpha value is -2.22. The lowest BCUT2D eigenvalue weighted by atomic mass is 9.92. The molecule has 1 atom stereocenters. The number of rotatable bonds is 6. The van der Waals surface area contributed by atoms with E-state index < -0.39 is 40.8 Å². The zero-order chi connectivity index (χ0) is 16.2. The summed E-state index contributed by atoms with van der Waals surface area (Å²) in [5, 5.41) is 9.94. The van der Waals surface area contributed by atoms with Crippen LogP contribution in [0.1, 0.15) is 13.8 Å². The number of nitrogens with zero attached hydrogens (tertiary/aromatic N) is 1. The average molecular weight is 299 g/mol. The SMILES string of the molecule is CCOC(=O)C1=C(O)C(C(C)=O)C(=O)N(CCOC)C1=O. The van der Waals surface area contributed by atoms with E-state index in [0.717, 1.165) is 6.92 Å². The summed E-state index contributed by atoms with van der Waals surface area (Å²) >= 11 is 0. The molecule has 1 aliphatic heterocycles. The summed E-state index contributed by atoms with van der Waals surface area (Å²) in [5.74, 6) is -6.04. The number of esters is 1. The van der Waals surface area contributed by atoms with E-state index in [0.29, 0.717) is 4.90 Å². The van der Waals surface area contributed by atoms with Crippen molar-refractivity contribution in [1.82, 2.24) is 4.90 Å². The molecule has 0 saturated heterocycles. The summed E-state index contributed by atoms with van der Waals surface area (Å²) in [6.45, 7) is 2.51.